The Labute approximate surface area is 204 Å². The van der Waals surface area contributed by atoms with Crippen molar-refractivity contribution >= 4 is 24.1 Å². The Balaban J connectivity index is 1.66. The normalized spacial score (nSPS) is 24.1. The number of aliphatic hydroxyl groups excluding tert-OH is 3. The molecule has 5 atom stereocenters. The maximum absolute atomic E-state index is 12.3. The Morgan fingerprint density at radius 1 is 0.778 bits per heavy atom. The topological polar surface area (TPSA) is 203 Å². The van der Waals surface area contributed by atoms with E-state index in [2.05, 4.69) is 0 Å². The van der Waals surface area contributed by atoms with Crippen LogP contribution < -0.4 is 0 Å². The highest BCUT2D eigenvalue weighted by Gasteiger charge is 2.48. The number of hydrogen-bond acceptors (Lipinski definition) is 12. The molecule has 1 saturated heterocycles. The molecule has 3 rings (SSSR count). The Bertz CT molecular complexity index is 1160. The van der Waals surface area contributed by atoms with E-state index >= 15 is 0 Å². The lowest BCUT2D eigenvalue weighted by Gasteiger charge is -2.40. The van der Waals surface area contributed by atoms with E-state index < -0.39 is 60.8 Å². The molecule has 0 spiro atoms. The van der Waals surface area contributed by atoms with Gasteiger partial charge in [-0.1, -0.05) is 12.1 Å². The largest absolute Gasteiger partial charge is 0.504 e. The number of aromatic hydroxyl groups is 4. The Hall–Kier alpha value is -4.10. The van der Waals surface area contributed by atoms with Crippen molar-refractivity contribution in [2.45, 2.75) is 30.7 Å². The zero-order valence-corrected chi connectivity index (χ0v) is 18.5. The standard InChI is InChI=1S/C24H24O12/c25-11-18-21(32)23(35-19(30)7-3-12-1-5-14(26)16(28)9-12)22(33)24(34-18)36-20(31)8-4-13-2-6-15(27)17(29)10-13/h1-10,18,21-29,32-33H,11H2. The molecule has 2 aromatic carbocycles. The van der Waals surface area contributed by atoms with Crippen LogP contribution in [0, 0.1) is 0 Å². The highest BCUT2D eigenvalue weighted by atomic mass is 16.7. The van der Waals surface area contributed by atoms with Crippen molar-refractivity contribution in [3.8, 4) is 23.0 Å². The maximum atomic E-state index is 12.3. The first-order valence-corrected chi connectivity index (χ1v) is 10.5. The van der Waals surface area contributed by atoms with Crippen LogP contribution in [0.4, 0.5) is 0 Å². The molecule has 0 radical (unpaired) electrons. The molecule has 1 heterocycles. The summed E-state index contributed by atoms with van der Waals surface area (Å²) < 4.78 is 15.4. The number of rotatable bonds is 7. The Kier molecular flexibility index (Phi) is 8.51. The number of phenolic OH excluding ortho intramolecular Hbond substituents is 4. The van der Waals surface area contributed by atoms with E-state index in [-0.39, 0.29) is 11.5 Å². The van der Waals surface area contributed by atoms with Crippen molar-refractivity contribution < 1.29 is 59.5 Å². The number of phenols is 4. The molecule has 12 nitrogen and oxygen atoms in total. The number of esters is 2. The Morgan fingerprint density at radius 2 is 1.28 bits per heavy atom. The van der Waals surface area contributed by atoms with Crippen molar-refractivity contribution in [3.63, 3.8) is 0 Å². The van der Waals surface area contributed by atoms with Crippen LogP contribution in [0.5, 0.6) is 23.0 Å². The molecule has 5 unspecified atom stereocenters. The predicted molar refractivity (Wildman–Crippen MR) is 121 cm³/mol. The molecule has 192 valence electrons. The van der Waals surface area contributed by atoms with Gasteiger partial charge >= 0.3 is 11.9 Å². The van der Waals surface area contributed by atoms with Crippen LogP contribution in [0.25, 0.3) is 12.2 Å². The minimum Gasteiger partial charge on any atom is -0.504 e. The van der Waals surface area contributed by atoms with Gasteiger partial charge in [0.1, 0.15) is 12.2 Å². The number of carbonyl (C=O) groups excluding carboxylic acids is 2. The number of aliphatic hydroxyl groups is 3. The average Bonchev–Trinajstić information content (AvgIpc) is 2.85. The summed E-state index contributed by atoms with van der Waals surface area (Å²) in [4.78, 5) is 24.5. The van der Waals surface area contributed by atoms with Crippen molar-refractivity contribution in [2.24, 2.45) is 0 Å². The third kappa shape index (κ3) is 6.52. The molecule has 1 aliphatic rings. The fraction of sp³-hybridized carbons (Fsp3) is 0.250. The predicted octanol–water partition coefficient (Wildman–Crippen LogP) is 0.130. The first-order chi connectivity index (χ1) is 17.1. The summed E-state index contributed by atoms with van der Waals surface area (Å²) in [5.41, 5.74) is 0.681. The minimum atomic E-state index is -1.83. The second-order valence-electron chi connectivity index (χ2n) is 7.71. The van der Waals surface area contributed by atoms with Crippen molar-refractivity contribution in [1.29, 1.82) is 0 Å². The summed E-state index contributed by atoms with van der Waals surface area (Å²) >= 11 is 0. The van der Waals surface area contributed by atoms with E-state index in [0.717, 1.165) is 12.2 Å². The van der Waals surface area contributed by atoms with E-state index in [0.29, 0.717) is 11.1 Å². The zero-order valence-electron chi connectivity index (χ0n) is 18.5. The summed E-state index contributed by atoms with van der Waals surface area (Å²) in [5, 5.41) is 68.0. The van der Waals surface area contributed by atoms with Gasteiger partial charge in [0, 0.05) is 12.2 Å². The van der Waals surface area contributed by atoms with E-state index in [4.69, 9.17) is 14.2 Å². The van der Waals surface area contributed by atoms with E-state index in [9.17, 15) is 45.3 Å². The molecule has 2 aromatic rings. The van der Waals surface area contributed by atoms with Crippen LogP contribution in [0.3, 0.4) is 0 Å². The van der Waals surface area contributed by atoms with Gasteiger partial charge in [-0.3, -0.25) is 0 Å². The minimum absolute atomic E-state index is 0.337. The van der Waals surface area contributed by atoms with E-state index in [1.165, 1.54) is 48.6 Å². The average molecular weight is 504 g/mol. The fourth-order valence-electron chi connectivity index (χ4n) is 3.23. The van der Waals surface area contributed by atoms with Crippen LogP contribution in [0.15, 0.2) is 48.6 Å². The van der Waals surface area contributed by atoms with Crippen molar-refractivity contribution in [1.82, 2.24) is 0 Å². The van der Waals surface area contributed by atoms with E-state index in [1.54, 1.807) is 0 Å². The van der Waals surface area contributed by atoms with Crippen molar-refractivity contribution in [2.75, 3.05) is 6.61 Å². The van der Waals surface area contributed by atoms with Gasteiger partial charge < -0.3 is 50.0 Å². The third-order valence-electron chi connectivity index (χ3n) is 5.13. The molecule has 0 amide bonds. The molecule has 36 heavy (non-hydrogen) atoms. The van der Waals surface area contributed by atoms with Gasteiger partial charge in [0.15, 0.2) is 35.2 Å². The van der Waals surface area contributed by atoms with Gasteiger partial charge in [-0.15, -0.1) is 0 Å². The van der Waals surface area contributed by atoms with Crippen LogP contribution >= 0.6 is 0 Å². The summed E-state index contributed by atoms with van der Waals surface area (Å²) in [6.45, 7) is -0.749. The highest BCUT2D eigenvalue weighted by molar-refractivity contribution is 5.88. The fourth-order valence-corrected chi connectivity index (χ4v) is 3.23. The summed E-state index contributed by atoms with van der Waals surface area (Å²) in [6, 6.07) is 7.59. The number of hydrogen-bond donors (Lipinski definition) is 7. The van der Waals surface area contributed by atoms with Crippen molar-refractivity contribution in [3.05, 3.63) is 59.7 Å². The van der Waals surface area contributed by atoms with Crippen LogP contribution in [-0.4, -0.2) is 85.0 Å². The summed E-state index contributed by atoms with van der Waals surface area (Å²) in [5.74, 6) is -3.53. The number of carbonyl (C=O) groups is 2. The quantitative estimate of drug-likeness (QED) is 0.153. The second kappa shape index (κ2) is 11.6. The smallest absolute Gasteiger partial charge is 0.333 e. The lowest BCUT2D eigenvalue weighted by Crippen LogP contribution is -2.60. The summed E-state index contributed by atoms with van der Waals surface area (Å²) in [6.07, 6.45) is -3.84. The van der Waals surface area contributed by atoms with Crippen LogP contribution in [-0.2, 0) is 23.8 Å². The Morgan fingerprint density at radius 3 is 1.75 bits per heavy atom. The van der Waals surface area contributed by atoms with Gasteiger partial charge in [-0.05, 0) is 47.5 Å². The first kappa shape index (κ1) is 26.5. The highest BCUT2D eigenvalue weighted by Crippen LogP contribution is 2.28. The van der Waals surface area contributed by atoms with E-state index in [1.807, 2.05) is 0 Å². The molecule has 0 bridgehead atoms. The number of ether oxygens (including phenoxy) is 3. The zero-order chi connectivity index (χ0) is 26.4. The SMILES string of the molecule is O=C(C=Cc1ccc(O)c(O)c1)OC1OC(CO)C(O)C(OC(=O)C=Cc2ccc(O)c(O)c2)C1O. The van der Waals surface area contributed by atoms with Gasteiger partial charge in [-0.2, -0.15) is 0 Å². The van der Waals surface area contributed by atoms with Gasteiger partial charge in [0.05, 0.1) is 6.61 Å². The molecule has 0 aromatic heterocycles. The number of benzene rings is 2. The van der Waals surface area contributed by atoms with Crippen LogP contribution in [0.1, 0.15) is 11.1 Å². The molecular weight excluding hydrogens is 480 g/mol. The van der Waals surface area contributed by atoms with Crippen LogP contribution in [0.2, 0.25) is 0 Å². The molecular formula is C24H24O12. The van der Waals surface area contributed by atoms with Gasteiger partial charge in [0.25, 0.3) is 0 Å². The molecule has 0 saturated carbocycles. The van der Waals surface area contributed by atoms with Gasteiger partial charge in [0.2, 0.25) is 6.29 Å². The summed E-state index contributed by atoms with van der Waals surface area (Å²) in [7, 11) is 0. The molecule has 0 aliphatic carbocycles. The third-order valence-corrected chi connectivity index (χ3v) is 5.13. The second-order valence-corrected chi connectivity index (χ2v) is 7.71. The molecule has 1 fully saturated rings. The molecule has 7 N–H and O–H groups in total. The maximum Gasteiger partial charge on any atom is 0.333 e. The molecule has 12 heteroatoms. The molecule has 1 aliphatic heterocycles. The monoisotopic (exact) mass is 504 g/mol. The lowest BCUT2D eigenvalue weighted by molar-refractivity contribution is -0.293. The van der Waals surface area contributed by atoms with Gasteiger partial charge in [-0.25, -0.2) is 9.59 Å². The first-order valence-electron chi connectivity index (χ1n) is 10.5. The lowest BCUT2D eigenvalue weighted by atomic mass is 9.99.